The van der Waals surface area contributed by atoms with Gasteiger partial charge in [0.05, 0.1) is 9.83 Å². The van der Waals surface area contributed by atoms with Crippen LogP contribution in [0.3, 0.4) is 0 Å². The summed E-state index contributed by atoms with van der Waals surface area (Å²) in [7, 11) is 2.00. The Labute approximate surface area is 109 Å². The molecule has 1 aromatic carbocycles. The van der Waals surface area contributed by atoms with Gasteiger partial charge in [0.1, 0.15) is 0 Å². The first-order chi connectivity index (χ1) is 7.72. The van der Waals surface area contributed by atoms with Crippen molar-refractivity contribution < 1.29 is 0 Å². The maximum absolute atomic E-state index is 3.51. The lowest BCUT2D eigenvalue weighted by Crippen LogP contribution is -2.17. The molecule has 84 valence electrons. The molecule has 1 nitrogen and oxygen atoms in total. The van der Waals surface area contributed by atoms with Crippen LogP contribution in [0.15, 0.2) is 40.2 Å². The van der Waals surface area contributed by atoms with E-state index in [4.69, 9.17) is 0 Å². The molecule has 0 bridgehead atoms. The lowest BCUT2D eigenvalue weighted by Gasteiger charge is -2.17. The molecule has 0 amide bonds. The van der Waals surface area contributed by atoms with Gasteiger partial charge < -0.3 is 5.32 Å². The van der Waals surface area contributed by atoms with Crippen molar-refractivity contribution in [1.82, 2.24) is 5.32 Å². The van der Waals surface area contributed by atoms with Crippen molar-refractivity contribution in [2.24, 2.45) is 0 Å². The molecule has 1 aromatic heterocycles. The molecule has 0 saturated carbocycles. The first-order valence-electron chi connectivity index (χ1n) is 5.20. The second kappa shape index (κ2) is 5.13. The molecule has 0 spiro atoms. The Kier molecular flexibility index (Phi) is 3.79. The summed E-state index contributed by atoms with van der Waals surface area (Å²) in [5, 5.41) is 3.38. The van der Waals surface area contributed by atoms with Crippen LogP contribution in [0.1, 0.15) is 22.0 Å². The average Bonchev–Trinajstić information content (AvgIpc) is 2.69. The van der Waals surface area contributed by atoms with E-state index in [-0.39, 0.29) is 6.04 Å². The van der Waals surface area contributed by atoms with Crippen LogP contribution >= 0.6 is 27.3 Å². The van der Waals surface area contributed by atoms with Gasteiger partial charge in [0.15, 0.2) is 0 Å². The summed E-state index contributed by atoms with van der Waals surface area (Å²) in [6, 6.07) is 13.1. The summed E-state index contributed by atoms with van der Waals surface area (Å²) in [6.45, 7) is 2.16. The number of hydrogen-bond donors (Lipinski definition) is 1. The predicted molar refractivity (Wildman–Crippen MR) is 74.1 cm³/mol. The molecule has 16 heavy (non-hydrogen) atoms. The third kappa shape index (κ3) is 2.37. The Morgan fingerprint density at radius 3 is 2.50 bits per heavy atom. The van der Waals surface area contributed by atoms with Gasteiger partial charge in [0.25, 0.3) is 0 Å². The van der Waals surface area contributed by atoms with E-state index in [0.29, 0.717) is 0 Å². The van der Waals surface area contributed by atoms with Gasteiger partial charge in [-0.1, -0.05) is 24.3 Å². The van der Waals surface area contributed by atoms with E-state index in [9.17, 15) is 0 Å². The molecular formula is C13H14BrNS. The Balaban J connectivity index is 2.40. The van der Waals surface area contributed by atoms with E-state index < -0.39 is 0 Å². The lowest BCUT2D eigenvalue weighted by molar-refractivity contribution is 0.699. The fraction of sp³-hybridized carbons (Fsp3) is 0.231. The highest BCUT2D eigenvalue weighted by Crippen LogP contribution is 2.32. The molecule has 0 aliphatic carbocycles. The topological polar surface area (TPSA) is 12.0 Å². The molecule has 1 atom stereocenters. The van der Waals surface area contributed by atoms with E-state index in [1.54, 1.807) is 11.3 Å². The minimum atomic E-state index is 0.289. The molecule has 1 unspecified atom stereocenters. The maximum atomic E-state index is 3.51. The molecule has 0 fully saturated rings. The third-order valence-corrected chi connectivity index (χ3v) is 4.36. The second-order valence-corrected chi connectivity index (χ2v) is 6.21. The van der Waals surface area contributed by atoms with Crippen LogP contribution in [-0.2, 0) is 0 Å². The Hall–Kier alpha value is -0.640. The number of benzene rings is 1. The van der Waals surface area contributed by atoms with Gasteiger partial charge in [-0.2, -0.15) is 0 Å². The van der Waals surface area contributed by atoms with Gasteiger partial charge in [-0.25, -0.2) is 0 Å². The fourth-order valence-corrected chi connectivity index (χ4v) is 3.40. The normalized spacial score (nSPS) is 12.7. The summed E-state index contributed by atoms with van der Waals surface area (Å²) in [4.78, 5) is 1.34. The highest BCUT2D eigenvalue weighted by atomic mass is 79.9. The minimum Gasteiger partial charge on any atom is -0.309 e. The highest BCUT2D eigenvalue weighted by Gasteiger charge is 2.15. The first kappa shape index (κ1) is 11.8. The number of rotatable bonds is 3. The first-order valence-corrected chi connectivity index (χ1v) is 6.81. The Morgan fingerprint density at radius 2 is 1.94 bits per heavy atom. The van der Waals surface area contributed by atoms with Crippen LogP contribution in [0.2, 0.25) is 0 Å². The van der Waals surface area contributed by atoms with Crippen LogP contribution in [0.4, 0.5) is 0 Å². The molecule has 1 heterocycles. The van der Waals surface area contributed by atoms with Crippen molar-refractivity contribution in [2.45, 2.75) is 13.0 Å². The van der Waals surface area contributed by atoms with Crippen LogP contribution in [0.25, 0.3) is 0 Å². The summed E-state index contributed by atoms with van der Waals surface area (Å²) < 4.78 is 1.18. The molecule has 2 rings (SSSR count). The lowest BCUT2D eigenvalue weighted by atomic mass is 10.0. The monoisotopic (exact) mass is 295 g/mol. The molecule has 0 aliphatic heterocycles. The van der Waals surface area contributed by atoms with Crippen molar-refractivity contribution in [3.63, 3.8) is 0 Å². The number of nitrogens with one attached hydrogen (secondary N) is 1. The van der Waals surface area contributed by atoms with E-state index in [0.717, 1.165) is 0 Å². The summed E-state index contributed by atoms with van der Waals surface area (Å²) >= 11 is 5.29. The summed E-state index contributed by atoms with van der Waals surface area (Å²) in [5.41, 5.74) is 2.67. The zero-order chi connectivity index (χ0) is 11.5. The van der Waals surface area contributed by atoms with Crippen LogP contribution in [0.5, 0.6) is 0 Å². The second-order valence-electron chi connectivity index (χ2n) is 3.72. The molecule has 1 N–H and O–H groups in total. The van der Waals surface area contributed by atoms with Crippen molar-refractivity contribution >= 4 is 27.3 Å². The van der Waals surface area contributed by atoms with Gasteiger partial charge in [-0.05, 0) is 53.2 Å². The number of thiophene rings is 1. The van der Waals surface area contributed by atoms with E-state index in [1.807, 2.05) is 7.05 Å². The van der Waals surface area contributed by atoms with Crippen molar-refractivity contribution in [3.8, 4) is 0 Å². The SMILES string of the molecule is CNC(c1ccc(Br)s1)c1ccccc1C. The third-order valence-electron chi connectivity index (χ3n) is 2.67. The van der Waals surface area contributed by atoms with Gasteiger partial charge in [0.2, 0.25) is 0 Å². The number of halogens is 1. The number of hydrogen-bond acceptors (Lipinski definition) is 2. The molecule has 3 heteroatoms. The summed E-state index contributed by atoms with van der Waals surface area (Å²) in [5.74, 6) is 0. The standard InChI is InChI=1S/C13H14BrNS/c1-9-5-3-4-6-10(9)13(15-2)11-7-8-12(14)16-11/h3-8,13,15H,1-2H3. The summed E-state index contributed by atoms with van der Waals surface area (Å²) in [6.07, 6.45) is 0. The fourth-order valence-electron chi connectivity index (χ4n) is 1.85. The average molecular weight is 296 g/mol. The van der Waals surface area contributed by atoms with Gasteiger partial charge in [0, 0.05) is 4.88 Å². The van der Waals surface area contributed by atoms with E-state index in [2.05, 4.69) is 64.6 Å². The molecule has 0 aliphatic rings. The van der Waals surface area contributed by atoms with Crippen molar-refractivity contribution in [1.29, 1.82) is 0 Å². The molecule has 0 saturated heterocycles. The van der Waals surface area contributed by atoms with Crippen molar-refractivity contribution in [3.05, 3.63) is 56.2 Å². The maximum Gasteiger partial charge on any atom is 0.0702 e. The van der Waals surface area contributed by atoms with Gasteiger partial charge in [-0.15, -0.1) is 11.3 Å². The zero-order valence-corrected chi connectivity index (χ0v) is 11.7. The largest absolute Gasteiger partial charge is 0.309 e. The smallest absolute Gasteiger partial charge is 0.0702 e. The van der Waals surface area contributed by atoms with Crippen molar-refractivity contribution in [2.75, 3.05) is 7.05 Å². The Morgan fingerprint density at radius 1 is 1.19 bits per heavy atom. The van der Waals surface area contributed by atoms with Crippen LogP contribution < -0.4 is 5.32 Å². The van der Waals surface area contributed by atoms with Gasteiger partial charge >= 0.3 is 0 Å². The minimum absolute atomic E-state index is 0.289. The van der Waals surface area contributed by atoms with Crippen LogP contribution in [-0.4, -0.2) is 7.05 Å². The Bertz CT molecular complexity index is 478. The van der Waals surface area contributed by atoms with E-state index in [1.165, 1.54) is 19.8 Å². The quantitative estimate of drug-likeness (QED) is 0.898. The van der Waals surface area contributed by atoms with Gasteiger partial charge in [-0.3, -0.25) is 0 Å². The molecule has 0 radical (unpaired) electrons. The zero-order valence-electron chi connectivity index (χ0n) is 9.33. The number of aryl methyl sites for hydroxylation is 1. The van der Waals surface area contributed by atoms with Crippen LogP contribution in [0, 0.1) is 6.92 Å². The predicted octanol–water partition coefficient (Wildman–Crippen LogP) is 4.13. The molecular weight excluding hydrogens is 282 g/mol. The van der Waals surface area contributed by atoms with E-state index >= 15 is 0 Å². The highest BCUT2D eigenvalue weighted by molar-refractivity contribution is 9.11. The molecule has 2 aromatic rings.